The molecule has 3 aromatic rings. The van der Waals surface area contributed by atoms with Gasteiger partial charge >= 0.3 is 238 Å². The van der Waals surface area contributed by atoms with Crippen molar-refractivity contribution in [1.82, 2.24) is 0 Å². The third-order valence-electron chi connectivity index (χ3n) is 8.75. The first-order chi connectivity index (χ1) is 17.3. The summed E-state index contributed by atoms with van der Waals surface area (Å²) in [6.45, 7) is 14.1. The van der Waals surface area contributed by atoms with Crippen LogP contribution in [0.5, 0.6) is 0 Å². The van der Waals surface area contributed by atoms with Crippen molar-refractivity contribution in [3.63, 3.8) is 0 Å². The van der Waals surface area contributed by atoms with Crippen LogP contribution in [-0.4, -0.2) is 36.3 Å². The fraction of sp³-hybridized carbons (Fsp3) is 0.333. The zero-order valence-corrected chi connectivity index (χ0v) is 30.2. The summed E-state index contributed by atoms with van der Waals surface area (Å²) in [5.41, 5.74) is 9.58. The third-order valence-corrected chi connectivity index (χ3v) is 16.1. The molecule has 7 heteroatoms. The van der Waals surface area contributed by atoms with E-state index in [1.54, 1.807) is 0 Å². The van der Waals surface area contributed by atoms with Gasteiger partial charge in [0.25, 0.3) is 0 Å². The Morgan fingerprint density at radius 3 is 1.38 bits per heavy atom. The van der Waals surface area contributed by atoms with Gasteiger partial charge in [-0.1, -0.05) is 0 Å². The van der Waals surface area contributed by atoms with Crippen LogP contribution in [0, 0.1) is 13.8 Å². The Morgan fingerprint density at radius 2 is 1.02 bits per heavy atom. The molecule has 3 aromatic carbocycles. The first-order valence-corrected chi connectivity index (χ1v) is 15.9. The molecule has 40 heavy (non-hydrogen) atoms. The van der Waals surface area contributed by atoms with E-state index in [4.69, 9.17) is 0 Å². The van der Waals surface area contributed by atoms with Crippen molar-refractivity contribution in [2.24, 2.45) is 0 Å². The summed E-state index contributed by atoms with van der Waals surface area (Å²) in [4.78, 5) is 4.47. The molecule has 0 fully saturated rings. The van der Waals surface area contributed by atoms with Crippen LogP contribution in [0.15, 0.2) is 87.3 Å². The van der Waals surface area contributed by atoms with E-state index in [1.165, 1.54) is 58.7 Å². The number of rotatable bonds is 6. The number of halogens is 3. The minimum absolute atomic E-state index is 0. The van der Waals surface area contributed by atoms with Gasteiger partial charge in [-0.05, 0) is 0 Å². The number of nitrogens with zero attached hydrogens (tertiary/aromatic N) is 2. The topological polar surface area (TPSA) is 6.48 Å². The molecule has 1 aliphatic rings. The predicted molar refractivity (Wildman–Crippen MR) is 162 cm³/mol. The van der Waals surface area contributed by atoms with E-state index in [9.17, 15) is 0 Å². The maximum atomic E-state index is 2.55. The molecule has 0 radical (unpaired) electrons. The van der Waals surface area contributed by atoms with Gasteiger partial charge in [-0.2, -0.15) is 0 Å². The summed E-state index contributed by atoms with van der Waals surface area (Å²) < 4.78 is 1.51. The maximum Gasteiger partial charge on any atom is -1.00 e. The van der Waals surface area contributed by atoms with Crippen molar-refractivity contribution in [3.05, 3.63) is 98.5 Å². The number of benzene rings is 3. The minimum Gasteiger partial charge on any atom is -1.00 e. The molecule has 1 unspecified atom stereocenters. The largest absolute Gasteiger partial charge is 1.00 e. The molecule has 1 aliphatic carbocycles. The molecule has 0 saturated heterocycles. The van der Waals surface area contributed by atoms with E-state index in [1.807, 2.05) is 0 Å². The van der Waals surface area contributed by atoms with E-state index in [-0.39, 0.29) is 42.3 Å². The molecule has 0 spiro atoms. The first-order valence-electron chi connectivity index (χ1n) is 13.1. The monoisotopic (exact) mass is 646 g/mol. The summed E-state index contributed by atoms with van der Waals surface area (Å²) in [5, 5.41) is 4.30. The number of hydrogen-bond acceptors (Lipinski definition) is 2. The molecule has 1 atom stereocenters. The summed E-state index contributed by atoms with van der Waals surface area (Å²) in [6.07, 6.45) is 0. The van der Waals surface area contributed by atoms with Crippen LogP contribution in [0.2, 0.25) is 5.04 Å². The molecule has 0 aromatic heterocycles. The number of anilines is 2. The maximum absolute atomic E-state index is 2.71. The van der Waals surface area contributed by atoms with Crippen LogP contribution in [-0.2, 0) is 20.4 Å². The van der Waals surface area contributed by atoms with Gasteiger partial charge in [-0.3, -0.25) is 0 Å². The third kappa shape index (κ3) is 5.76. The van der Waals surface area contributed by atoms with Crippen LogP contribution in [0.25, 0.3) is 0 Å². The quantitative estimate of drug-likeness (QED) is 0.206. The Kier molecular flexibility index (Phi) is 12.5. The average molecular weight is 648 g/mol. The minimum atomic E-state index is -2.71. The zero-order valence-electron chi connectivity index (χ0n) is 25.4. The molecule has 0 aliphatic heterocycles. The fourth-order valence-electron chi connectivity index (χ4n) is 6.47. The molecule has 0 saturated carbocycles. The molecular weight excluding hydrogens is 607 g/mol. The van der Waals surface area contributed by atoms with Gasteiger partial charge in [0.05, 0.1) is 0 Å². The SMILES string of the molecule is CC1=C(C)C(C)([Si](c2cc(C)cc(C)c2)(c2cccc(N(C)C)c2)c2cccc(N(C)C)c2)[C]([Ti+3])=C1C.[Cl-].[Cl-].[Cl-]. The van der Waals surface area contributed by atoms with Gasteiger partial charge in [-0.15, -0.1) is 0 Å². The standard InChI is InChI=1S/C33H41N2Si.3ClH.Ti/c1-23-17-24(2)19-32(18-23)36(30-15-11-13-28(20-30)34(7)8,31-16-12-14-29(21-31)35(9)10)33(6)22-25(3)26(4)27(33)5;;;;/h11-21H,1-10H3;3*1H;/q;;;;+3/p-3. The summed E-state index contributed by atoms with van der Waals surface area (Å²) >= 11 is 2.39. The fourth-order valence-corrected chi connectivity index (χ4v) is 14.3. The molecule has 0 amide bonds. The van der Waals surface area contributed by atoms with Crippen LogP contribution >= 0.6 is 0 Å². The smallest absolute Gasteiger partial charge is 1.00 e. The number of aryl methyl sites for hydroxylation is 2. The van der Waals surface area contributed by atoms with Gasteiger partial charge < -0.3 is 37.2 Å². The van der Waals surface area contributed by atoms with Crippen LogP contribution in [0.1, 0.15) is 38.8 Å². The Morgan fingerprint density at radius 1 is 0.600 bits per heavy atom. The second-order valence-corrected chi connectivity index (χ2v) is 16.4. The summed E-state index contributed by atoms with van der Waals surface area (Å²) in [7, 11) is 5.88. The van der Waals surface area contributed by atoms with Gasteiger partial charge in [-0.25, -0.2) is 0 Å². The predicted octanol–water partition coefficient (Wildman–Crippen LogP) is -3.15. The molecule has 2 nitrogen and oxygen atoms in total. The second-order valence-electron chi connectivity index (χ2n) is 11.4. The van der Waals surface area contributed by atoms with Crippen molar-refractivity contribution < 1.29 is 57.7 Å². The number of allylic oxidation sites excluding steroid dienone is 4. The molecule has 0 heterocycles. The van der Waals surface area contributed by atoms with Gasteiger partial charge in [0.1, 0.15) is 0 Å². The van der Waals surface area contributed by atoms with Gasteiger partial charge in [0.2, 0.25) is 0 Å². The normalized spacial score (nSPS) is 16.7. The van der Waals surface area contributed by atoms with Crippen molar-refractivity contribution in [2.45, 2.75) is 46.6 Å². The average Bonchev–Trinajstić information content (AvgIpc) is 3.00. The molecule has 4 rings (SSSR count). The van der Waals surface area contributed by atoms with Crippen LogP contribution in [0.3, 0.4) is 0 Å². The molecule has 212 valence electrons. The molecular formula is C33H41Cl3N2SiTi. The van der Waals surface area contributed by atoms with E-state index in [2.05, 4.69) is 167 Å². The van der Waals surface area contributed by atoms with Gasteiger partial charge in [0, 0.05) is 0 Å². The first kappa shape index (κ1) is 36.6. The van der Waals surface area contributed by atoms with E-state index < -0.39 is 8.07 Å². The molecule has 0 bridgehead atoms. The summed E-state index contributed by atoms with van der Waals surface area (Å²) in [6, 6.07) is 26.1. The van der Waals surface area contributed by atoms with Crippen molar-refractivity contribution in [2.75, 3.05) is 38.0 Å². The van der Waals surface area contributed by atoms with E-state index in [0.717, 1.165) is 0 Å². The zero-order chi connectivity index (χ0) is 27.3. The Bertz CT molecular complexity index is 1330. The Labute approximate surface area is 274 Å². The van der Waals surface area contributed by atoms with Crippen LogP contribution in [0.4, 0.5) is 11.4 Å². The van der Waals surface area contributed by atoms with Crippen molar-refractivity contribution in [1.29, 1.82) is 0 Å². The van der Waals surface area contributed by atoms with Crippen molar-refractivity contribution >= 4 is 35.0 Å². The second kappa shape index (κ2) is 13.7. The summed E-state index contributed by atoms with van der Waals surface area (Å²) in [5.74, 6) is 0. The van der Waals surface area contributed by atoms with Crippen molar-refractivity contribution in [3.8, 4) is 0 Å². The van der Waals surface area contributed by atoms with Gasteiger partial charge in [0.15, 0.2) is 0 Å². The van der Waals surface area contributed by atoms with E-state index in [0.29, 0.717) is 0 Å². The molecule has 0 N–H and O–H groups in total. The Balaban J connectivity index is 0.00000267. The number of hydrogen-bond donors (Lipinski definition) is 0. The Hall–Kier alpha value is -1.46. The van der Waals surface area contributed by atoms with E-state index >= 15 is 0 Å². The van der Waals surface area contributed by atoms with Crippen LogP contribution < -0.4 is 62.6 Å².